The number of hydrogen-bond donors (Lipinski definition) is 0. The zero-order valence-electron chi connectivity index (χ0n) is 14.7. The van der Waals surface area contributed by atoms with Crippen LogP contribution in [0.3, 0.4) is 0 Å². The van der Waals surface area contributed by atoms with Crippen molar-refractivity contribution in [2.75, 3.05) is 0 Å². The molecule has 0 radical (unpaired) electrons. The first-order valence-electron chi connectivity index (χ1n) is 8.58. The number of rotatable bonds is 1. The van der Waals surface area contributed by atoms with Crippen LogP contribution >= 0.6 is 0 Å². The fourth-order valence-electron chi connectivity index (χ4n) is 4.68. The molecule has 0 unspecified atom stereocenters. The van der Waals surface area contributed by atoms with Crippen molar-refractivity contribution in [3.63, 3.8) is 0 Å². The number of ketones is 1. The molecule has 0 N–H and O–H groups in total. The van der Waals surface area contributed by atoms with Crippen molar-refractivity contribution < 1.29 is 4.79 Å². The molecule has 0 saturated heterocycles. The summed E-state index contributed by atoms with van der Waals surface area (Å²) in [5.41, 5.74) is 4.24. The van der Waals surface area contributed by atoms with Gasteiger partial charge in [-0.05, 0) is 30.9 Å². The summed E-state index contributed by atoms with van der Waals surface area (Å²) in [6, 6.07) is 3.98. The van der Waals surface area contributed by atoms with E-state index < -0.39 is 0 Å². The summed E-state index contributed by atoms with van der Waals surface area (Å²) in [6.07, 6.45) is 7.32. The SMILES string of the molecule is [C-]#[N+]C1=C[C@]2(C)c3nn(C)c(-c4cccnc4)c3CC[C@H]2[C@H](C)C1=O. The number of nitrogens with zero attached hydrogens (tertiary/aromatic N) is 4. The Morgan fingerprint density at radius 1 is 1.44 bits per heavy atom. The lowest BCUT2D eigenvalue weighted by Gasteiger charge is -2.44. The van der Waals surface area contributed by atoms with Gasteiger partial charge >= 0.3 is 0 Å². The second-order valence-corrected chi connectivity index (χ2v) is 7.26. The van der Waals surface area contributed by atoms with E-state index in [1.54, 1.807) is 6.20 Å². The molecule has 126 valence electrons. The van der Waals surface area contributed by atoms with Crippen LogP contribution in [0.5, 0.6) is 0 Å². The van der Waals surface area contributed by atoms with Crippen molar-refractivity contribution >= 4 is 5.78 Å². The highest BCUT2D eigenvalue weighted by atomic mass is 16.1. The largest absolute Gasteiger partial charge is 0.308 e. The minimum Gasteiger partial charge on any atom is -0.308 e. The summed E-state index contributed by atoms with van der Waals surface area (Å²) in [5.74, 6) is 0.0232. The van der Waals surface area contributed by atoms with E-state index in [-0.39, 0.29) is 28.7 Å². The van der Waals surface area contributed by atoms with Gasteiger partial charge in [-0.1, -0.05) is 19.9 Å². The minimum absolute atomic E-state index is 0.0238. The average Bonchev–Trinajstić information content (AvgIpc) is 2.96. The van der Waals surface area contributed by atoms with Crippen LogP contribution in [0.1, 0.15) is 31.5 Å². The molecule has 2 heterocycles. The molecule has 25 heavy (non-hydrogen) atoms. The second-order valence-electron chi connectivity index (χ2n) is 7.26. The minimum atomic E-state index is -0.376. The lowest BCUT2D eigenvalue weighted by atomic mass is 9.58. The fraction of sp³-hybridized carbons (Fsp3) is 0.400. The summed E-state index contributed by atoms with van der Waals surface area (Å²) in [6.45, 7) is 11.5. The Kier molecular flexibility index (Phi) is 3.40. The number of pyridine rings is 1. The molecule has 5 heteroatoms. The summed E-state index contributed by atoms with van der Waals surface area (Å²) in [4.78, 5) is 20.2. The molecule has 4 rings (SSSR count). The molecular weight excluding hydrogens is 312 g/mol. The van der Waals surface area contributed by atoms with Gasteiger partial charge in [-0.15, -0.1) is 0 Å². The second kappa shape index (κ2) is 5.38. The van der Waals surface area contributed by atoms with E-state index in [1.807, 2.05) is 43.1 Å². The summed E-state index contributed by atoms with van der Waals surface area (Å²) in [5, 5.41) is 4.84. The highest BCUT2D eigenvalue weighted by Crippen LogP contribution is 2.51. The number of aryl methyl sites for hydroxylation is 1. The van der Waals surface area contributed by atoms with E-state index in [2.05, 4.69) is 16.8 Å². The molecular formula is C20H20N4O. The first kappa shape index (κ1) is 15.8. The average molecular weight is 332 g/mol. The standard InChI is InChI=1S/C20H20N4O/c1-12-15-8-7-14-17(13-6-5-9-22-11-13)24(4)23-19(14)20(15,2)10-16(21-3)18(12)25/h5-6,9-12,15H,7-8H2,1-2,4H3/t12-,15-,20-/m0/s1. The van der Waals surface area contributed by atoms with Gasteiger partial charge in [0.2, 0.25) is 5.70 Å². The number of Topliss-reactive ketones (excluding diaryl/α,β-unsaturated/α-hetero) is 1. The first-order chi connectivity index (χ1) is 12.0. The van der Waals surface area contributed by atoms with E-state index in [1.165, 1.54) is 5.56 Å². The summed E-state index contributed by atoms with van der Waals surface area (Å²) >= 11 is 0. The fourth-order valence-corrected chi connectivity index (χ4v) is 4.68. The molecule has 0 aromatic carbocycles. The van der Waals surface area contributed by atoms with Gasteiger partial charge in [-0.3, -0.25) is 9.67 Å². The molecule has 2 aromatic rings. The predicted molar refractivity (Wildman–Crippen MR) is 94.5 cm³/mol. The number of hydrogen-bond acceptors (Lipinski definition) is 3. The lowest BCUT2D eigenvalue weighted by molar-refractivity contribution is -0.121. The van der Waals surface area contributed by atoms with Crippen LogP contribution in [0.2, 0.25) is 0 Å². The highest BCUT2D eigenvalue weighted by Gasteiger charge is 2.50. The van der Waals surface area contributed by atoms with Crippen LogP contribution < -0.4 is 0 Å². The first-order valence-corrected chi connectivity index (χ1v) is 8.58. The maximum Gasteiger partial charge on any atom is 0.226 e. The maximum atomic E-state index is 12.4. The smallest absolute Gasteiger partial charge is 0.226 e. The Morgan fingerprint density at radius 3 is 2.92 bits per heavy atom. The van der Waals surface area contributed by atoms with E-state index in [0.29, 0.717) is 0 Å². The van der Waals surface area contributed by atoms with Gasteiger partial charge in [0.25, 0.3) is 0 Å². The molecule has 0 amide bonds. The van der Waals surface area contributed by atoms with Crippen molar-refractivity contribution in [3.8, 4) is 11.3 Å². The van der Waals surface area contributed by atoms with Gasteiger partial charge in [0.05, 0.1) is 18.0 Å². The molecule has 2 aromatic heterocycles. The number of carbonyl (C=O) groups is 1. The number of fused-ring (bicyclic) bond motifs is 3. The van der Waals surface area contributed by atoms with Crippen LogP contribution in [0, 0.1) is 18.4 Å². The van der Waals surface area contributed by atoms with Crippen molar-refractivity contribution in [2.45, 2.75) is 32.1 Å². The van der Waals surface area contributed by atoms with Crippen LogP contribution in [0.15, 0.2) is 36.3 Å². The van der Waals surface area contributed by atoms with Crippen LogP contribution in [0.25, 0.3) is 16.1 Å². The quantitative estimate of drug-likeness (QED) is 0.753. The third kappa shape index (κ3) is 2.10. The number of carbonyl (C=O) groups excluding carboxylic acids is 1. The van der Waals surface area contributed by atoms with Gasteiger partial charge < -0.3 is 4.79 Å². The Balaban J connectivity index is 1.94. The Hall–Kier alpha value is -2.74. The van der Waals surface area contributed by atoms with E-state index >= 15 is 0 Å². The van der Waals surface area contributed by atoms with E-state index in [0.717, 1.165) is 29.8 Å². The maximum absolute atomic E-state index is 12.4. The topological polar surface area (TPSA) is 52.1 Å². The molecule has 5 nitrogen and oxygen atoms in total. The molecule has 0 saturated carbocycles. The molecule has 3 atom stereocenters. The van der Waals surface area contributed by atoms with Gasteiger partial charge in [0, 0.05) is 41.9 Å². The third-order valence-electron chi connectivity index (χ3n) is 5.89. The van der Waals surface area contributed by atoms with Gasteiger partial charge in [-0.2, -0.15) is 5.10 Å². The zero-order valence-corrected chi connectivity index (χ0v) is 14.7. The highest BCUT2D eigenvalue weighted by molar-refractivity contribution is 6.00. The predicted octanol–water partition coefficient (Wildman–Crippen LogP) is 3.32. The zero-order chi connectivity index (χ0) is 17.8. The van der Waals surface area contributed by atoms with Gasteiger partial charge in [-0.25, -0.2) is 4.85 Å². The molecule has 0 fully saturated rings. The van der Waals surface area contributed by atoms with E-state index in [9.17, 15) is 4.79 Å². The van der Waals surface area contributed by atoms with Crippen LogP contribution in [-0.4, -0.2) is 20.5 Å². The van der Waals surface area contributed by atoms with Crippen molar-refractivity contribution in [1.29, 1.82) is 0 Å². The number of allylic oxidation sites excluding steroid dienone is 2. The molecule has 2 aliphatic carbocycles. The third-order valence-corrected chi connectivity index (χ3v) is 5.89. The molecule has 0 aliphatic heterocycles. The van der Waals surface area contributed by atoms with Crippen molar-refractivity contribution in [2.24, 2.45) is 18.9 Å². The van der Waals surface area contributed by atoms with Crippen LogP contribution in [-0.2, 0) is 23.7 Å². The van der Waals surface area contributed by atoms with Crippen molar-refractivity contribution in [1.82, 2.24) is 14.8 Å². The molecule has 2 aliphatic rings. The summed E-state index contributed by atoms with van der Waals surface area (Å²) in [7, 11) is 1.95. The van der Waals surface area contributed by atoms with Gasteiger partial charge in [0.1, 0.15) is 0 Å². The number of aromatic nitrogens is 3. The molecule has 0 spiro atoms. The van der Waals surface area contributed by atoms with Gasteiger partial charge in [0.15, 0.2) is 5.78 Å². The van der Waals surface area contributed by atoms with E-state index in [4.69, 9.17) is 11.7 Å². The normalized spacial score (nSPS) is 27.9. The summed E-state index contributed by atoms with van der Waals surface area (Å²) < 4.78 is 1.92. The Bertz CT molecular complexity index is 935. The van der Waals surface area contributed by atoms with Crippen molar-refractivity contribution in [3.05, 3.63) is 59.0 Å². The van der Waals surface area contributed by atoms with Crippen LogP contribution in [0.4, 0.5) is 0 Å². The lowest BCUT2D eigenvalue weighted by Crippen LogP contribution is -2.45. The Morgan fingerprint density at radius 2 is 2.24 bits per heavy atom. The Labute approximate surface area is 147 Å². The monoisotopic (exact) mass is 332 g/mol. The molecule has 0 bridgehead atoms.